The Balaban J connectivity index is 1.31. The molecular formula is C23H23FN4O3. The number of hydrogen-bond acceptors (Lipinski definition) is 4. The topological polar surface area (TPSA) is 78.7 Å². The number of aryl methyl sites for hydroxylation is 1. The zero-order valence-corrected chi connectivity index (χ0v) is 17.2. The summed E-state index contributed by atoms with van der Waals surface area (Å²) in [6.45, 7) is 1.33. The van der Waals surface area contributed by atoms with E-state index in [2.05, 4.69) is 5.10 Å². The fraction of sp³-hybridized carbons (Fsp3) is 0.348. The molecule has 31 heavy (non-hydrogen) atoms. The van der Waals surface area contributed by atoms with Crippen LogP contribution in [-0.4, -0.2) is 68.3 Å². The average molecular weight is 422 g/mol. The molecule has 0 atom stereocenters. The van der Waals surface area contributed by atoms with E-state index in [9.17, 15) is 19.1 Å². The number of fused-ring (bicyclic) bond motifs is 1. The largest absolute Gasteiger partial charge is 0.380 e. The fourth-order valence-corrected chi connectivity index (χ4v) is 4.10. The van der Waals surface area contributed by atoms with Crippen molar-refractivity contribution >= 4 is 22.7 Å². The van der Waals surface area contributed by atoms with Crippen LogP contribution in [0.4, 0.5) is 4.39 Å². The predicted molar refractivity (Wildman–Crippen MR) is 113 cm³/mol. The van der Waals surface area contributed by atoms with Gasteiger partial charge in [0, 0.05) is 38.6 Å². The standard InChI is InChI=1S/C23H23FN4O3/c1-26-20-13-16(2-3-17(20)14-25-26)15-4-5-18(19(24)12-15)21(29)27-8-10-28(11-9-27)22(30)23(31)6-7-23/h2-5,12-14,31H,6-11H2,1H3. The lowest BCUT2D eigenvalue weighted by Crippen LogP contribution is -2.53. The minimum absolute atomic E-state index is 0.0194. The van der Waals surface area contributed by atoms with Gasteiger partial charge in [-0.25, -0.2) is 4.39 Å². The molecule has 0 bridgehead atoms. The van der Waals surface area contributed by atoms with Crippen LogP contribution in [-0.2, 0) is 11.8 Å². The number of carbonyl (C=O) groups excluding carboxylic acids is 2. The third kappa shape index (κ3) is 3.46. The number of halogens is 1. The lowest BCUT2D eigenvalue weighted by Gasteiger charge is -2.35. The van der Waals surface area contributed by atoms with Gasteiger partial charge in [0.05, 0.1) is 17.3 Å². The lowest BCUT2D eigenvalue weighted by molar-refractivity contribution is -0.143. The van der Waals surface area contributed by atoms with Crippen molar-refractivity contribution < 1.29 is 19.1 Å². The Hall–Kier alpha value is -3.26. The maximum Gasteiger partial charge on any atom is 0.256 e. The summed E-state index contributed by atoms with van der Waals surface area (Å²) in [5.74, 6) is -1.22. The Labute approximate surface area is 178 Å². The summed E-state index contributed by atoms with van der Waals surface area (Å²) < 4.78 is 16.6. The monoisotopic (exact) mass is 422 g/mol. The van der Waals surface area contributed by atoms with Crippen LogP contribution in [0.3, 0.4) is 0 Å². The molecule has 1 N–H and O–H groups in total. The molecule has 2 aliphatic rings. The highest BCUT2D eigenvalue weighted by atomic mass is 19.1. The summed E-state index contributed by atoms with van der Waals surface area (Å²) in [4.78, 5) is 28.3. The average Bonchev–Trinajstić information content (AvgIpc) is 3.44. The van der Waals surface area contributed by atoms with Gasteiger partial charge in [-0.05, 0) is 42.2 Å². The van der Waals surface area contributed by atoms with E-state index in [1.165, 1.54) is 12.1 Å². The van der Waals surface area contributed by atoms with E-state index in [-0.39, 0.29) is 17.4 Å². The molecule has 1 saturated heterocycles. The molecule has 1 aromatic heterocycles. The molecule has 7 nitrogen and oxygen atoms in total. The van der Waals surface area contributed by atoms with Gasteiger partial charge in [0.1, 0.15) is 11.4 Å². The number of rotatable bonds is 3. The van der Waals surface area contributed by atoms with Gasteiger partial charge in [-0.1, -0.05) is 18.2 Å². The van der Waals surface area contributed by atoms with Gasteiger partial charge in [-0.15, -0.1) is 0 Å². The number of benzene rings is 2. The van der Waals surface area contributed by atoms with E-state index in [0.717, 1.165) is 16.5 Å². The molecule has 1 saturated carbocycles. The lowest BCUT2D eigenvalue weighted by atomic mass is 10.0. The number of piperazine rings is 1. The minimum atomic E-state index is -1.20. The second-order valence-electron chi connectivity index (χ2n) is 8.35. The molecule has 1 aliphatic heterocycles. The second-order valence-corrected chi connectivity index (χ2v) is 8.35. The molecule has 5 rings (SSSR count). The van der Waals surface area contributed by atoms with Crippen molar-refractivity contribution in [2.75, 3.05) is 26.2 Å². The molecule has 2 amide bonds. The second kappa shape index (κ2) is 7.16. The summed E-state index contributed by atoms with van der Waals surface area (Å²) in [6.07, 6.45) is 2.77. The molecule has 0 spiro atoms. The first kappa shape index (κ1) is 19.7. The SMILES string of the molecule is Cn1ncc2ccc(-c3ccc(C(=O)N4CCN(C(=O)C5(O)CC5)CC4)c(F)c3)cc21. The molecule has 8 heteroatoms. The normalized spacial score (nSPS) is 17.8. The van der Waals surface area contributed by atoms with Gasteiger partial charge >= 0.3 is 0 Å². The number of aliphatic hydroxyl groups is 1. The van der Waals surface area contributed by atoms with Gasteiger partial charge < -0.3 is 14.9 Å². The minimum Gasteiger partial charge on any atom is -0.380 e. The molecule has 2 heterocycles. The van der Waals surface area contributed by atoms with Crippen molar-refractivity contribution in [3.63, 3.8) is 0 Å². The van der Waals surface area contributed by atoms with Gasteiger partial charge in [0.25, 0.3) is 11.8 Å². The first-order chi connectivity index (χ1) is 14.9. The highest BCUT2D eigenvalue weighted by Gasteiger charge is 2.50. The van der Waals surface area contributed by atoms with Crippen molar-refractivity contribution in [1.29, 1.82) is 0 Å². The first-order valence-electron chi connectivity index (χ1n) is 10.4. The molecule has 3 aromatic rings. The van der Waals surface area contributed by atoms with Crippen LogP contribution in [0.1, 0.15) is 23.2 Å². The van der Waals surface area contributed by atoms with Crippen LogP contribution >= 0.6 is 0 Å². The summed E-state index contributed by atoms with van der Waals surface area (Å²) in [5.41, 5.74) is 1.30. The van der Waals surface area contributed by atoms with Crippen molar-refractivity contribution in [2.24, 2.45) is 7.05 Å². The highest BCUT2D eigenvalue weighted by Crippen LogP contribution is 2.37. The van der Waals surface area contributed by atoms with Gasteiger partial charge in [-0.3, -0.25) is 14.3 Å². The zero-order chi connectivity index (χ0) is 21.8. The molecule has 1 aliphatic carbocycles. The van der Waals surface area contributed by atoms with Crippen molar-refractivity contribution in [3.8, 4) is 11.1 Å². The first-order valence-corrected chi connectivity index (χ1v) is 10.4. The zero-order valence-electron chi connectivity index (χ0n) is 17.2. The van der Waals surface area contributed by atoms with E-state index < -0.39 is 11.4 Å². The molecule has 2 aromatic carbocycles. The Morgan fingerprint density at radius 3 is 2.32 bits per heavy atom. The quantitative estimate of drug-likeness (QED) is 0.702. The van der Waals surface area contributed by atoms with Crippen LogP contribution in [0.25, 0.3) is 22.0 Å². The smallest absolute Gasteiger partial charge is 0.256 e. The Morgan fingerprint density at radius 1 is 1.00 bits per heavy atom. The molecule has 0 unspecified atom stereocenters. The number of carbonyl (C=O) groups is 2. The molecule has 160 valence electrons. The molecule has 2 fully saturated rings. The van der Waals surface area contributed by atoms with Crippen molar-refractivity contribution in [1.82, 2.24) is 19.6 Å². The Morgan fingerprint density at radius 2 is 1.65 bits per heavy atom. The highest BCUT2D eigenvalue weighted by molar-refractivity contribution is 5.95. The van der Waals surface area contributed by atoms with Crippen LogP contribution < -0.4 is 0 Å². The van der Waals surface area contributed by atoms with Crippen LogP contribution in [0.15, 0.2) is 42.6 Å². The third-order valence-corrected chi connectivity index (χ3v) is 6.26. The summed E-state index contributed by atoms with van der Waals surface area (Å²) in [6, 6.07) is 10.4. The van der Waals surface area contributed by atoms with Crippen LogP contribution in [0.2, 0.25) is 0 Å². The Kier molecular flexibility index (Phi) is 4.55. The van der Waals surface area contributed by atoms with Gasteiger partial charge in [-0.2, -0.15) is 5.10 Å². The van der Waals surface area contributed by atoms with E-state index in [1.54, 1.807) is 26.7 Å². The maximum absolute atomic E-state index is 14.9. The van der Waals surface area contributed by atoms with Crippen molar-refractivity contribution in [3.05, 3.63) is 54.0 Å². The van der Waals surface area contributed by atoms with Gasteiger partial charge in [0.2, 0.25) is 0 Å². The van der Waals surface area contributed by atoms with Crippen LogP contribution in [0, 0.1) is 5.82 Å². The predicted octanol–water partition coefficient (Wildman–Crippen LogP) is 2.19. The van der Waals surface area contributed by atoms with Gasteiger partial charge in [0.15, 0.2) is 0 Å². The number of aromatic nitrogens is 2. The fourth-order valence-electron chi connectivity index (χ4n) is 4.10. The van der Waals surface area contributed by atoms with Crippen molar-refractivity contribution in [2.45, 2.75) is 18.4 Å². The number of amides is 2. The van der Waals surface area contributed by atoms with E-state index in [1.807, 2.05) is 25.2 Å². The van der Waals surface area contributed by atoms with E-state index >= 15 is 0 Å². The maximum atomic E-state index is 14.9. The van der Waals surface area contributed by atoms with E-state index in [4.69, 9.17) is 0 Å². The third-order valence-electron chi connectivity index (χ3n) is 6.26. The number of nitrogens with zero attached hydrogens (tertiary/aromatic N) is 4. The molecule has 0 radical (unpaired) electrons. The number of hydrogen-bond donors (Lipinski definition) is 1. The Bertz CT molecular complexity index is 1190. The van der Waals surface area contributed by atoms with E-state index in [0.29, 0.717) is 44.6 Å². The van der Waals surface area contributed by atoms with Crippen LogP contribution in [0.5, 0.6) is 0 Å². The summed E-state index contributed by atoms with van der Waals surface area (Å²) in [5, 5.41) is 15.2. The summed E-state index contributed by atoms with van der Waals surface area (Å²) in [7, 11) is 1.85. The summed E-state index contributed by atoms with van der Waals surface area (Å²) >= 11 is 0. The molecular weight excluding hydrogens is 399 g/mol.